The number of rotatable bonds is 3. The first-order valence-electron chi connectivity index (χ1n) is 3.84. The van der Waals surface area contributed by atoms with Gasteiger partial charge in [-0.15, -0.1) is 5.10 Å². The molecule has 2 rings (SSSR count). The van der Waals surface area contributed by atoms with Gasteiger partial charge in [-0.05, 0) is 0 Å². The summed E-state index contributed by atoms with van der Waals surface area (Å²) in [6.45, 7) is 0.0979. The summed E-state index contributed by atoms with van der Waals surface area (Å²) in [6, 6.07) is 0. The van der Waals surface area contributed by atoms with Crippen LogP contribution < -0.4 is 5.32 Å². The molecule has 1 amide bonds. The van der Waals surface area contributed by atoms with Crippen molar-refractivity contribution in [2.24, 2.45) is 0 Å². The highest BCUT2D eigenvalue weighted by molar-refractivity contribution is 5.88. The number of carbonyl (C=O) groups is 1. The van der Waals surface area contributed by atoms with Gasteiger partial charge in [-0.25, -0.2) is 9.78 Å². The summed E-state index contributed by atoms with van der Waals surface area (Å²) in [6.07, 6.45) is 4.41. The minimum Gasteiger partial charge on any atom is -0.293 e. The molecule has 0 saturated carbocycles. The van der Waals surface area contributed by atoms with Crippen molar-refractivity contribution < 1.29 is 4.79 Å². The van der Waals surface area contributed by atoms with Gasteiger partial charge < -0.3 is 0 Å². The van der Waals surface area contributed by atoms with Crippen LogP contribution in [0.5, 0.6) is 0 Å². The zero-order chi connectivity index (χ0) is 9.80. The van der Waals surface area contributed by atoms with E-state index >= 15 is 0 Å². The van der Waals surface area contributed by atoms with Crippen LogP contribution in [-0.2, 0) is 11.3 Å². The van der Waals surface area contributed by atoms with Crippen molar-refractivity contribution in [2.45, 2.75) is 6.54 Å². The van der Waals surface area contributed by atoms with E-state index in [0.29, 0.717) is 5.95 Å². The molecule has 0 aliphatic carbocycles. The van der Waals surface area contributed by atoms with Gasteiger partial charge in [0, 0.05) is 6.20 Å². The van der Waals surface area contributed by atoms with E-state index in [2.05, 4.69) is 30.8 Å². The number of aromatic amines is 1. The molecule has 0 atom stereocenters. The number of amides is 1. The van der Waals surface area contributed by atoms with E-state index < -0.39 is 0 Å². The maximum Gasteiger partial charge on any atom is 0.248 e. The highest BCUT2D eigenvalue weighted by atomic mass is 16.2. The number of hydrogen-bond acceptors (Lipinski definition) is 5. The summed E-state index contributed by atoms with van der Waals surface area (Å²) in [5.74, 6) is 0.0716. The molecule has 2 aromatic rings. The molecule has 0 aromatic carbocycles. The lowest BCUT2D eigenvalue weighted by molar-refractivity contribution is -0.117. The van der Waals surface area contributed by atoms with Crippen LogP contribution >= 0.6 is 0 Å². The van der Waals surface area contributed by atoms with Crippen LogP contribution in [0.1, 0.15) is 0 Å². The van der Waals surface area contributed by atoms with Gasteiger partial charge in [-0.3, -0.25) is 10.1 Å². The fourth-order valence-corrected chi connectivity index (χ4v) is 0.901. The first-order chi connectivity index (χ1) is 6.84. The maximum absolute atomic E-state index is 11.3. The van der Waals surface area contributed by atoms with Gasteiger partial charge in [0.1, 0.15) is 12.9 Å². The summed E-state index contributed by atoms with van der Waals surface area (Å²) < 4.78 is 1.41. The molecule has 0 aliphatic rings. The van der Waals surface area contributed by atoms with Crippen LogP contribution in [0.4, 0.5) is 5.95 Å². The Bertz CT molecular complexity index is 354. The molecule has 2 aromatic heterocycles. The Morgan fingerprint density at radius 3 is 3.21 bits per heavy atom. The van der Waals surface area contributed by atoms with Gasteiger partial charge >= 0.3 is 0 Å². The number of nitrogens with one attached hydrogen (secondary N) is 2. The lowest BCUT2D eigenvalue weighted by Gasteiger charge is -1.99. The Labute approximate surface area is 78.3 Å². The van der Waals surface area contributed by atoms with E-state index in [-0.39, 0.29) is 12.5 Å². The minimum absolute atomic E-state index is 0.0979. The summed E-state index contributed by atoms with van der Waals surface area (Å²) in [5, 5.41) is 15.8. The number of H-pyrrole nitrogens is 1. The van der Waals surface area contributed by atoms with Crippen LogP contribution in [0.15, 0.2) is 18.7 Å². The normalized spacial score (nSPS) is 10.0. The van der Waals surface area contributed by atoms with E-state index in [0.717, 1.165) is 0 Å². The number of nitrogens with zero attached hydrogens (tertiary/aromatic N) is 5. The molecule has 0 saturated heterocycles. The van der Waals surface area contributed by atoms with Gasteiger partial charge in [-0.2, -0.15) is 10.1 Å². The van der Waals surface area contributed by atoms with Crippen LogP contribution in [0.25, 0.3) is 0 Å². The number of carbonyl (C=O) groups excluding carboxylic acids is 1. The second kappa shape index (κ2) is 3.64. The molecule has 0 spiro atoms. The predicted octanol–water partition coefficient (Wildman–Crippen LogP) is -0.965. The van der Waals surface area contributed by atoms with Crippen molar-refractivity contribution in [3.63, 3.8) is 0 Å². The smallest absolute Gasteiger partial charge is 0.248 e. The molecule has 14 heavy (non-hydrogen) atoms. The van der Waals surface area contributed by atoms with Crippen LogP contribution in [0, 0.1) is 0 Å². The molecule has 0 unspecified atom stereocenters. The minimum atomic E-state index is -0.243. The van der Waals surface area contributed by atoms with Crippen molar-refractivity contribution in [2.75, 3.05) is 5.32 Å². The van der Waals surface area contributed by atoms with E-state index in [1.165, 1.54) is 17.2 Å². The van der Waals surface area contributed by atoms with Crippen molar-refractivity contribution in [3.8, 4) is 0 Å². The Morgan fingerprint density at radius 2 is 2.57 bits per heavy atom. The number of hydrogen-bond donors (Lipinski definition) is 2. The number of anilines is 1. The average Bonchev–Trinajstić information content (AvgIpc) is 2.76. The lowest BCUT2D eigenvalue weighted by Crippen LogP contribution is -2.19. The molecular weight excluding hydrogens is 186 g/mol. The van der Waals surface area contributed by atoms with Crippen LogP contribution in [0.3, 0.4) is 0 Å². The van der Waals surface area contributed by atoms with Gasteiger partial charge in [0.2, 0.25) is 11.9 Å². The van der Waals surface area contributed by atoms with Gasteiger partial charge in [-0.1, -0.05) is 5.21 Å². The first-order valence-corrected chi connectivity index (χ1v) is 3.84. The monoisotopic (exact) mass is 193 g/mol. The van der Waals surface area contributed by atoms with E-state index in [1.54, 1.807) is 6.20 Å². The predicted molar refractivity (Wildman–Crippen MR) is 45.0 cm³/mol. The van der Waals surface area contributed by atoms with E-state index in [9.17, 15) is 4.79 Å². The van der Waals surface area contributed by atoms with Gasteiger partial charge in [0.05, 0.1) is 6.20 Å². The van der Waals surface area contributed by atoms with Crippen molar-refractivity contribution in [3.05, 3.63) is 18.7 Å². The Hall–Kier alpha value is -2.25. The molecule has 0 bridgehead atoms. The SMILES string of the molecule is O=C(Cn1ccnn1)Nc1ncn[nH]1. The summed E-state index contributed by atoms with van der Waals surface area (Å²) in [7, 11) is 0. The largest absolute Gasteiger partial charge is 0.293 e. The van der Waals surface area contributed by atoms with Crippen molar-refractivity contribution >= 4 is 11.9 Å². The maximum atomic E-state index is 11.3. The molecule has 8 nitrogen and oxygen atoms in total. The van der Waals surface area contributed by atoms with E-state index in [4.69, 9.17) is 0 Å². The van der Waals surface area contributed by atoms with Crippen molar-refractivity contribution in [1.29, 1.82) is 0 Å². The molecule has 0 aliphatic heterocycles. The molecule has 8 heteroatoms. The molecule has 2 N–H and O–H groups in total. The second-order valence-corrected chi connectivity index (χ2v) is 2.48. The Morgan fingerprint density at radius 1 is 1.64 bits per heavy atom. The fraction of sp³-hybridized carbons (Fsp3) is 0.167. The molecular formula is C6H7N7O. The summed E-state index contributed by atoms with van der Waals surface area (Å²) in [5.41, 5.74) is 0. The van der Waals surface area contributed by atoms with Crippen LogP contribution in [-0.4, -0.2) is 36.1 Å². The first kappa shape index (κ1) is 8.35. The lowest BCUT2D eigenvalue weighted by atomic mass is 10.6. The third-order valence-electron chi connectivity index (χ3n) is 1.45. The zero-order valence-corrected chi connectivity index (χ0v) is 7.08. The zero-order valence-electron chi connectivity index (χ0n) is 7.08. The standard InChI is InChI=1S/C6H7N7O/c14-5(3-13-2-1-8-12-13)10-6-7-4-9-11-6/h1-2,4H,3H2,(H2,7,9,10,11,14). The second-order valence-electron chi connectivity index (χ2n) is 2.48. The number of aromatic nitrogens is 6. The third-order valence-corrected chi connectivity index (χ3v) is 1.45. The van der Waals surface area contributed by atoms with Crippen molar-refractivity contribution in [1.82, 2.24) is 30.2 Å². The van der Waals surface area contributed by atoms with Crippen LogP contribution in [0.2, 0.25) is 0 Å². The highest BCUT2D eigenvalue weighted by Crippen LogP contribution is 1.92. The summed E-state index contributed by atoms with van der Waals surface area (Å²) in [4.78, 5) is 15.0. The van der Waals surface area contributed by atoms with Gasteiger partial charge in [0.25, 0.3) is 0 Å². The Balaban J connectivity index is 1.91. The molecule has 0 fully saturated rings. The topological polar surface area (TPSA) is 101 Å². The Kier molecular flexibility index (Phi) is 2.17. The average molecular weight is 193 g/mol. The highest BCUT2D eigenvalue weighted by Gasteiger charge is 2.04. The summed E-state index contributed by atoms with van der Waals surface area (Å²) >= 11 is 0. The molecule has 72 valence electrons. The van der Waals surface area contributed by atoms with Gasteiger partial charge in [0.15, 0.2) is 0 Å². The fourth-order valence-electron chi connectivity index (χ4n) is 0.901. The molecule has 0 radical (unpaired) electrons. The van der Waals surface area contributed by atoms with E-state index in [1.807, 2.05) is 0 Å². The third kappa shape index (κ3) is 1.91. The quantitative estimate of drug-likeness (QED) is 0.653. The molecule has 2 heterocycles.